The molecule has 6 nitrogen and oxygen atoms in total. The average Bonchev–Trinajstić information content (AvgIpc) is 2.67. The topological polar surface area (TPSA) is 71.8 Å². The van der Waals surface area contributed by atoms with Gasteiger partial charge in [0.15, 0.2) is 5.75 Å². The molecular formula is C21H19FN2O4S. The normalized spacial score (nSPS) is 15.0. The third-order valence-corrected chi connectivity index (χ3v) is 6.26. The van der Waals surface area contributed by atoms with Crippen molar-refractivity contribution in [3.63, 3.8) is 0 Å². The van der Waals surface area contributed by atoms with Gasteiger partial charge in [-0.1, -0.05) is 23.9 Å². The van der Waals surface area contributed by atoms with Gasteiger partial charge in [0, 0.05) is 19.8 Å². The van der Waals surface area contributed by atoms with Crippen LogP contribution < -0.4 is 15.1 Å². The number of thioether (sulfide) groups is 1. The SMILES string of the molecule is COc1c(-c2ccc(N(C)C)cc2)c(F)cc2c(=O)c(C(=O)O)c3n(c12)C(C)S3. The summed E-state index contributed by atoms with van der Waals surface area (Å²) in [6.45, 7) is 1.89. The summed E-state index contributed by atoms with van der Waals surface area (Å²) in [7, 11) is 5.25. The number of carbonyl (C=O) groups is 1. The molecule has 1 N–H and O–H groups in total. The molecule has 1 aliphatic rings. The lowest BCUT2D eigenvalue weighted by Crippen LogP contribution is -2.28. The van der Waals surface area contributed by atoms with E-state index in [0.717, 1.165) is 11.8 Å². The molecule has 3 aromatic rings. The fourth-order valence-electron chi connectivity index (χ4n) is 3.69. The maximum atomic E-state index is 15.2. The second-order valence-corrected chi connectivity index (χ2v) is 8.31. The highest BCUT2D eigenvalue weighted by atomic mass is 32.2. The molecular weight excluding hydrogens is 395 g/mol. The number of halogens is 1. The molecule has 1 unspecified atom stereocenters. The summed E-state index contributed by atoms with van der Waals surface area (Å²) in [4.78, 5) is 26.4. The molecule has 0 aliphatic carbocycles. The number of carboxylic acid groups (broad SMARTS) is 1. The van der Waals surface area contributed by atoms with Gasteiger partial charge in [-0.3, -0.25) is 4.79 Å². The highest BCUT2D eigenvalue weighted by molar-refractivity contribution is 8.00. The molecule has 0 amide bonds. The zero-order valence-electron chi connectivity index (χ0n) is 16.3. The van der Waals surface area contributed by atoms with Crippen molar-refractivity contribution in [2.75, 3.05) is 26.1 Å². The minimum Gasteiger partial charge on any atom is -0.494 e. The van der Waals surface area contributed by atoms with Crippen LogP contribution in [-0.4, -0.2) is 36.8 Å². The minimum atomic E-state index is -1.32. The number of carboxylic acids is 1. The van der Waals surface area contributed by atoms with Gasteiger partial charge in [-0.2, -0.15) is 0 Å². The lowest BCUT2D eigenvalue weighted by molar-refractivity contribution is 0.0689. The van der Waals surface area contributed by atoms with E-state index in [-0.39, 0.29) is 27.6 Å². The molecule has 150 valence electrons. The number of methoxy groups -OCH3 is 1. The van der Waals surface area contributed by atoms with E-state index >= 15 is 4.39 Å². The summed E-state index contributed by atoms with van der Waals surface area (Å²) in [5.41, 5.74) is 1.19. The van der Waals surface area contributed by atoms with E-state index in [1.807, 2.05) is 38.1 Å². The minimum absolute atomic E-state index is 0.00121. The number of nitrogens with zero attached hydrogens (tertiary/aromatic N) is 2. The fourth-order valence-corrected chi connectivity index (χ4v) is 4.83. The summed E-state index contributed by atoms with van der Waals surface area (Å²) >= 11 is 1.30. The fraction of sp³-hybridized carbons (Fsp3) is 0.238. The van der Waals surface area contributed by atoms with Gasteiger partial charge >= 0.3 is 5.97 Å². The molecule has 1 atom stereocenters. The Balaban J connectivity index is 2.09. The standard InChI is InChI=1S/C21H19FN2O4S/c1-10-24-17-13(18(25)16(21(26)27)20(24)29-10)9-14(22)15(19(17)28-4)11-5-7-12(8-6-11)23(2)3/h5-10H,1-4H3,(H,26,27). The number of hydrogen-bond donors (Lipinski definition) is 1. The predicted molar refractivity (Wildman–Crippen MR) is 112 cm³/mol. The second-order valence-electron chi connectivity index (χ2n) is 7.01. The largest absolute Gasteiger partial charge is 0.494 e. The summed E-state index contributed by atoms with van der Waals surface area (Å²) in [6.07, 6.45) is 0. The molecule has 29 heavy (non-hydrogen) atoms. The zero-order valence-corrected chi connectivity index (χ0v) is 17.1. The quantitative estimate of drug-likeness (QED) is 0.690. The average molecular weight is 414 g/mol. The molecule has 0 bridgehead atoms. The van der Waals surface area contributed by atoms with Gasteiger partial charge in [0.25, 0.3) is 0 Å². The smallest absolute Gasteiger partial charge is 0.342 e. The van der Waals surface area contributed by atoms with E-state index in [2.05, 4.69) is 0 Å². The summed E-state index contributed by atoms with van der Waals surface area (Å²) in [6, 6.07) is 8.44. The number of ether oxygens (including phenoxy) is 1. The Kier molecular flexibility index (Phi) is 4.53. The molecule has 4 rings (SSSR count). The van der Waals surface area contributed by atoms with Crippen LogP contribution in [0.25, 0.3) is 22.0 Å². The number of pyridine rings is 1. The number of aromatic carboxylic acids is 1. The molecule has 2 aromatic carbocycles. The summed E-state index contributed by atoms with van der Waals surface area (Å²) < 4.78 is 22.5. The van der Waals surface area contributed by atoms with Gasteiger partial charge in [-0.25, -0.2) is 9.18 Å². The zero-order chi connectivity index (χ0) is 21.0. The molecule has 0 fully saturated rings. The van der Waals surface area contributed by atoms with Gasteiger partial charge in [0.05, 0.1) is 34.0 Å². The van der Waals surface area contributed by atoms with Crippen LogP contribution in [0, 0.1) is 5.82 Å². The van der Waals surface area contributed by atoms with E-state index in [4.69, 9.17) is 4.74 Å². The van der Waals surface area contributed by atoms with Gasteiger partial charge in [-0.05, 0) is 30.7 Å². The molecule has 1 aromatic heterocycles. The highest BCUT2D eigenvalue weighted by Crippen LogP contribution is 2.50. The van der Waals surface area contributed by atoms with Crippen LogP contribution in [-0.2, 0) is 0 Å². The monoisotopic (exact) mass is 414 g/mol. The number of rotatable bonds is 4. The number of hydrogen-bond acceptors (Lipinski definition) is 5. The Morgan fingerprint density at radius 3 is 2.45 bits per heavy atom. The second kappa shape index (κ2) is 6.81. The van der Waals surface area contributed by atoms with Crippen LogP contribution in [0.15, 0.2) is 40.2 Å². The number of anilines is 1. The van der Waals surface area contributed by atoms with E-state index in [1.165, 1.54) is 18.9 Å². The first kappa shape index (κ1) is 19.3. The van der Waals surface area contributed by atoms with Crippen molar-refractivity contribution in [3.8, 4) is 16.9 Å². The molecule has 0 saturated carbocycles. The first-order valence-corrected chi connectivity index (χ1v) is 9.80. The van der Waals surface area contributed by atoms with Crippen LogP contribution >= 0.6 is 11.8 Å². The van der Waals surface area contributed by atoms with Crippen LogP contribution in [0.3, 0.4) is 0 Å². The van der Waals surface area contributed by atoms with Crippen LogP contribution in [0.5, 0.6) is 5.75 Å². The highest BCUT2D eigenvalue weighted by Gasteiger charge is 2.35. The molecule has 0 saturated heterocycles. The Bertz CT molecular complexity index is 1220. The molecule has 2 heterocycles. The maximum absolute atomic E-state index is 15.2. The van der Waals surface area contributed by atoms with Crippen molar-refractivity contribution >= 4 is 34.3 Å². The first-order chi connectivity index (χ1) is 13.8. The van der Waals surface area contributed by atoms with Crippen LogP contribution in [0.1, 0.15) is 22.7 Å². The third-order valence-electron chi connectivity index (χ3n) is 5.09. The molecule has 0 radical (unpaired) electrons. The first-order valence-electron chi connectivity index (χ1n) is 8.92. The van der Waals surface area contributed by atoms with Gasteiger partial charge in [0.2, 0.25) is 5.43 Å². The Morgan fingerprint density at radius 1 is 1.28 bits per heavy atom. The van der Waals surface area contributed by atoms with Crippen LogP contribution in [0.4, 0.5) is 10.1 Å². The molecule has 8 heteroatoms. The maximum Gasteiger partial charge on any atom is 0.342 e. The van der Waals surface area contributed by atoms with Crippen molar-refractivity contribution < 1.29 is 19.0 Å². The van der Waals surface area contributed by atoms with Gasteiger partial charge in [0.1, 0.15) is 11.4 Å². The predicted octanol–water partition coefficient (Wildman–Crippen LogP) is 4.20. The summed E-state index contributed by atoms with van der Waals surface area (Å²) in [5, 5.41) is 9.76. The lowest BCUT2D eigenvalue weighted by atomic mass is 9.99. The van der Waals surface area contributed by atoms with Gasteiger partial charge < -0.3 is 19.3 Å². The van der Waals surface area contributed by atoms with Gasteiger partial charge in [-0.15, -0.1) is 0 Å². The van der Waals surface area contributed by atoms with E-state index in [9.17, 15) is 14.7 Å². The number of aromatic nitrogens is 1. The Morgan fingerprint density at radius 2 is 1.93 bits per heavy atom. The molecule has 0 spiro atoms. The van der Waals surface area contributed by atoms with Crippen molar-refractivity contribution in [1.29, 1.82) is 0 Å². The van der Waals surface area contributed by atoms with Crippen LogP contribution in [0.2, 0.25) is 0 Å². The van der Waals surface area contributed by atoms with Crippen molar-refractivity contribution in [3.05, 3.63) is 51.9 Å². The lowest BCUT2D eigenvalue weighted by Gasteiger charge is -2.33. The molecule has 1 aliphatic heterocycles. The Hall–Kier alpha value is -3.00. The number of benzene rings is 2. The van der Waals surface area contributed by atoms with Crippen molar-refractivity contribution in [1.82, 2.24) is 4.57 Å². The Labute approximate surface area is 170 Å². The van der Waals surface area contributed by atoms with E-state index in [1.54, 1.807) is 16.7 Å². The summed E-state index contributed by atoms with van der Waals surface area (Å²) in [5.74, 6) is -1.73. The van der Waals surface area contributed by atoms with Crippen molar-refractivity contribution in [2.24, 2.45) is 0 Å². The third kappa shape index (κ3) is 2.78. The van der Waals surface area contributed by atoms with E-state index < -0.39 is 17.2 Å². The van der Waals surface area contributed by atoms with E-state index in [0.29, 0.717) is 16.1 Å². The van der Waals surface area contributed by atoms with Crippen molar-refractivity contribution in [2.45, 2.75) is 17.3 Å². The number of fused-ring (bicyclic) bond motifs is 3.